The van der Waals surface area contributed by atoms with Gasteiger partial charge in [-0.15, -0.1) is 0 Å². The molecule has 1 aliphatic carbocycles. The van der Waals surface area contributed by atoms with E-state index in [9.17, 15) is 4.79 Å². The first kappa shape index (κ1) is 14.2. The van der Waals surface area contributed by atoms with Crippen molar-refractivity contribution >= 4 is 17.4 Å². The number of Topliss-reactive ketones (excluding diaryl/α,β-unsaturated/α-hetero) is 1. The summed E-state index contributed by atoms with van der Waals surface area (Å²) >= 11 is 5.97. The maximum Gasteiger partial charge on any atom is 0.166 e. The summed E-state index contributed by atoms with van der Waals surface area (Å²) in [5, 5.41) is 5.15. The van der Waals surface area contributed by atoms with E-state index in [-0.39, 0.29) is 11.7 Å². The quantitative estimate of drug-likeness (QED) is 0.699. The Morgan fingerprint density at radius 2 is 1.74 bits per heavy atom. The Labute approximate surface area is 139 Å². The molecule has 23 heavy (non-hydrogen) atoms. The molecule has 0 bridgehead atoms. The van der Waals surface area contributed by atoms with Gasteiger partial charge < -0.3 is 0 Å². The van der Waals surface area contributed by atoms with Crippen LogP contribution in [0.5, 0.6) is 0 Å². The topological polar surface area (TPSA) is 34.9 Å². The van der Waals surface area contributed by atoms with Crippen molar-refractivity contribution in [2.45, 2.75) is 18.8 Å². The zero-order valence-electron chi connectivity index (χ0n) is 12.4. The number of ketones is 1. The Kier molecular flexibility index (Phi) is 3.50. The molecule has 1 atom stereocenters. The Hall–Kier alpha value is -2.39. The first-order valence-electron chi connectivity index (χ1n) is 7.63. The van der Waals surface area contributed by atoms with Crippen LogP contribution in [0.2, 0.25) is 5.02 Å². The summed E-state index contributed by atoms with van der Waals surface area (Å²) in [6, 6.07) is 17.7. The van der Waals surface area contributed by atoms with Gasteiger partial charge in [-0.3, -0.25) is 4.79 Å². The highest BCUT2D eigenvalue weighted by atomic mass is 35.5. The third-order valence-electron chi connectivity index (χ3n) is 4.38. The minimum Gasteiger partial charge on any atom is -0.294 e. The average molecular weight is 323 g/mol. The van der Waals surface area contributed by atoms with Gasteiger partial charge in [0.15, 0.2) is 5.78 Å². The largest absolute Gasteiger partial charge is 0.294 e. The number of para-hydroxylation sites is 1. The van der Waals surface area contributed by atoms with Crippen molar-refractivity contribution in [3.05, 3.63) is 82.6 Å². The Balaban J connectivity index is 1.74. The standard InChI is InChI=1S/C19H15ClN2O/c20-15-8-6-13(7-9-15)14-10-18-17(19(23)11-14)12-21-22(18)16-4-2-1-3-5-16/h1-9,12,14H,10-11H2/t14-/m0/s1. The van der Waals surface area contributed by atoms with Crippen LogP contribution in [0, 0.1) is 0 Å². The molecule has 0 N–H and O–H groups in total. The smallest absolute Gasteiger partial charge is 0.166 e. The number of rotatable bonds is 2. The van der Waals surface area contributed by atoms with Gasteiger partial charge in [0.2, 0.25) is 0 Å². The second kappa shape index (κ2) is 5.67. The van der Waals surface area contributed by atoms with Crippen molar-refractivity contribution in [2.75, 3.05) is 0 Å². The van der Waals surface area contributed by atoms with Crippen molar-refractivity contribution < 1.29 is 4.79 Å². The SMILES string of the molecule is O=C1C[C@@H](c2ccc(Cl)cc2)Cc2c1cnn2-c1ccccc1. The number of hydrogen-bond acceptors (Lipinski definition) is 2. The minimum atomic E-state index is 0.161. The lowest BCUT2D eigenvalue weighted by molar-refractivity contribution is 0.0964. The summed E-state index contributed by atoms with van der Waals surface area (Å²) in [6.45, 7) is 0. The summed E-state index contributed by atoms with van der Waals surface area (Å²) in [4.78, 5) is 12.5. The zero-order valence-corrected chi connectivity index (χ0v) is 13.2. The predicted molar refractivity (Wildman–Crippen MR) is 90.4 cm³/mol. The van der Waals surface area contributed by atoms with E-state index >= 15 is 0 Å². The molecule has 2 aromatic carbocycles. The van der Waals surface area contributed by atoms with Crippen molar-refractivity contribution in [1.82, 2.24) is 9.78 Å². The molecule has 0 saturated heterocycles. The Bertz CT molecular complexity index is 853. The summed E-state index contributed by atoms with van der Waals surface area (Å²) < 4.78 is 1.88. The fourth-order valence-corrected chi connectivity index (χ4v) is 3.33. The summed E-state index contributed by atoms with van der Waals surface area (Å²) in [7, 11) is 0. The van der Waals surface area contributed by atoms with Crippen molar-refractivity contribution in [3.8, 4) is 5.69 Å². The molecular formula is C19H15ClN2O. The van der Waals surface area contributed by atoms with Crippen LogP contribution in [-0.2, 0) is 6.42 Å². The fraction of sp³-hybridized carbons (Fsp3) is 0.158. The van der Waals surface area contributed by atoms with Crippen LogP contribution in [-0.4, -0.2) is 15.6 Å². The average Bonchev–Trinajstić information content (AvgIpc) is 3.01. The highest BCUT2D eigenvalue weighted by Gasteiger charge is 2.29. The van der Waals surface area contributed by atoms with Crippen LogP contribution in [0.25, 0.3) is 5.69 Å². The number of nitrogens with zero attached hydrogens (tertiary/aromatic N) is 2. The van der Waals surface area contributed by atoms with Gasteiger partial charge >= 0.3 is 0 Å². The molecule has 3 aromatic rings. The Morgan fingerprint density at radius 3 is 2.48 bits per heavy atom. The normalized spacial score (nSPS) is 17.1. The molecule has 0 spiro atoms. The van der Waals surface area contributed by atoms with E-state index in [1.165, 1.54) is 0 Å². The van der Waals surface area contributed by atoms with E-state index in [4.69, 9.17) is 11.6 Å². The molecule has 1 aromatic heterocycles. The lowest BCUT2D eigenvalue weighted by Gasteiger charge is -2.23. The van der Waals surface area contributed by atoms with Crippen LogP contribution < -0.4 is 0 Å². The second-order valence-electron chi connectivity index (χ2n) is 5.83. The van der Waals surface area contributed by atoms with Gasteiger partial charge in [-0.25, -0.2) is 4.68 Å². The lowest BCUT2D eigenvalue weighted by Crippen LogP contribution is -2.20. The van der Waals surface area contributed by atoms with Crippen LogP contribution in [0.15, 0.2) is 60.8 Å². The van der Waals surface area contributed by atoms with E-state index in [2.05, 4.69) is 5.10 Å². The van der Waals surface area contributed by atoms with Gasteiger partial charge in [-0.2, -0.15) is 5.10 Å². The highest BCUT2D eigenvalue weighted by molar-refractivity contribution is 6.30. The lowest BCUT2D eigenvalue weighted by atomic mass is 9.82. The Morgan fingerprint density at radius 1 is 1.00 bits per heavy atom. The van der Waals surface area contributed by atoms with Gasteiger partial charge in [0.1, 0.15) is 0 Å². The van der Waals surface area contributed by atoms with Crippen LogP contribution in [0.3, 0.4) is 0 Å². The highest BCUT2D eigenvalue weighted by Crippen LogP contribution is 2.34. The third kappa shape index (κ3) is 2.57. The maximum atomic E-state index is 12.5. The number of benzene rings is 2. The first-order valence-corrected chi connectivity index (χ1v) is 8.01. The van der Waals surface area contributed by atoms with Gasteiger partial charge in [0.25, 0.3) is 0 Å². The number of carbonyl (C=O) groups is 1. The molecule has 114 valence electrons. The van der Waals surface area contributed by atoms with Crippen molar-refractivity contribution in [3.63, 3.8) is 0 Å². The van der Waals surface area contributed by atoms with Crippen LogP contribution in [0.4, 0.5) is 0 Å². The number of fused-ring (bicyclic) bond motifs is 1. The predicted octanol–water partition coefficient (Wildman–Crippen LogP) is 4.44. The summed E-state index contributed by atoms with van der Waals surface area (Å²) in [6.07, 6.45) is 3.02. The van der Waals surface area contributed by atoms with E-state index in [1.807, 2.05) is 59.3 Å². The number of hydrogen-bond donors (Lipinski definition) is 0. The fourth-order valence-electron chi connectivity index (χ4n) is 3.20. The molecule has 0 fully saturated rings. The first-order chi connectivity index (χ1) is 11.2. The molecule has 0 saturated carbocycles. The second-order valence-corrected chi connectivity index (χ2v) is 6.27. The third-order valence-corrected chi connectivity index (χ3v) is 4.63. The number of aromatic nitrogens is 2. The van der Waals surface area contributed by atoms with Crippen molar-refractivity contribution in [1.29, 1.82) is 0 Å². The molecule has 0 aliphatic heterocycles. The maximum absolute atomic E-state index is 12.5. The summed E-state index contributed by atoms with van der Waals surface area (Å²) in [5.41, 5.74) is 3.87. The van der Waals surface area contributed by atoms with Gasteiger partial charge in [0.05, 0.1) is 23.1 Å². The summed E-state index contributed by atoms with van der Waals surface area (Å²) in [5.74, 6) is 0.333. The molecular weight excluding hydrogens is 308 g/mol. The van der Waals surface area contributed by atoms with Crippen molar-refractivity contribution in [2.24, 2.45) is 0 Å². The molecule has 0 radical (unpaired) electrons. The number of carbonyl (C=O) groups excluding carboxylic acids is 1. The van der Waals surface area contributed by atoms with E-state index in [0.29, 0.717) is 11.4 Å². The van der Waals surface area contributed by atoms with E-state index < -0.39 is 0 Å². The van der Waals surface area contributed by atoms with Crippen LogP contribution in [0.1, 0.15) is 34.0 Å². The van der Waals surface area contributed by atoms with Gasteiger partial charge in [0, 0.05) is 11.4 Å². The molecule has 0 unspecified atom stereocenters. The minimum absolute atomic E-state index is 0.161. The molecule has 0 amide bonds. The monoisotopic (exact) mass is 322 g/mol. The van der Waals surface area contributed by atoms with E-state index in [1.54, 1.807) is 6.20 Å². The zero-order chi connectivity index (χ0) is 15.8. The molecule has 4 rings (SSSR count). The number of halogens is 1. The molecule has 1 heterocycles. The van der Waals surface area contributed by atoms with Crippen LogP contribution >= 0.6 is 11.6 Å². The van der Waals surface area contributed by atoms with Gasteiger partial charge in [-0.1, -0.05) is 41.9 Å². The van der Waals surface area contributed by atoms with E-state index in [0.717, 1.165) is 28.9 Å². The molecule has 4 heteroatoms. The molecule has 3 nitrogen and oxygen atoms in total. The molecule has 1 aliphatic rings. The van der Waals surface area contributed by atoms with Gasteiger partial charge in [-0.05, 0) is 42.2 Å².